The molecule has 0 unspecified atom stereocenters. The van der Waals surface area contributed by atoms with E-state index in [0.717, 1.165) is 25.7 Å². The maximum absolute atomic E-state index is 12.8. The number of para-hydroxylation sites is 1. The fourth-order valence-corrected chi connectivity index (χ4v) is 5.05. The Morgan fingerprint density at radius 1 is 1.16 bits per heavy atom. The number of nitrogens with zero attached hydrogens (tertiary/aromatic N) is 3. The van der Waals surface area contributed by atoms with Gasteiger partial charge >= 0.3 is 0 Å². The molecule has 0 saturated heterocycles. The Morgan fingerprint density at radius 2 is 2.00 bits per heavy atom. The first-order valence-corrected chi connectivity index (χ1v) is 10.4. The summed E-state index contributed by atoms with van der Waals surface area (Å²) in [4.78, 5) is 22.1. The molecule has 0 fully saturated rings. The van der Waals surface area contributed by atoms with E-state index >= 15 is 0 Å². The van der Waals surface area contributed by atoms with Crippen LogP contribution in [0.4, 0.5) is 0 Å². The molecule has 25 heavy (non-hydrogen) atoms. The maximum Gasteiger partial charge on any atom is 0.262 e. The van der Waals surface area contributed by atoms with Crippen LogP contribution >= 0.6 is 39.0 Å². The second-order valence-corrected chi connectivity index (χ2v) is 8.44. The molecule has 4 aromatic rings. The largest absolute Gasteiger partial charge is 0.287 e. The van der Waals surface area contributed by atoms with E-state index in [1.54, 1.807) is 27.7 Å². The lowest BCUT2D eigenvalue weighted by atomic mass is 10.2. The molecule has 0 spiro atoms. The van der Waals surface area contributed by atoms with Crippen LogP contribution in [0.5, 0.6) is 0 Å². The first-order valence-electron chi connectivity index (χ1n) is 7.83. The van der Waals surface area contributed by atoms with Crippen LogP contribution in [0.2, 0.25) is 0 Å². The molecule has 2 heterocycles. The average Bonchev–Trinajstić information content (AvgIpc) is 3.03. The predicted octanol–water partition coefficient (Wildman–Crippen LogP) is 5.08. The number of hydrogen-bond donors (Lipinski definition) is 0. The standard InChI is InChI=1S/C18H14BrN3OS2/c1-2-22-17(23)12-9-11(19)7-8-13(12)21-18(22)24-10-16-20-14-5-3-4-6-15(14)25-16/h3-9H,2,10H2,1H3. The molecule has 0 saturated carbocycles. The van der Waals surface area contributed by atoms with E-state index in [1.807, 2.05) is 43.3 Å². The molecule has 0 radical (unpaired) electrons. The Bertz CT molecular complexity index is 1100. The predicted molar refractivity (Wildman–Crippen MR) is 109 cm³/mol. The zero-order valence-electron chi connectivity index (χ0n) is 13.4. The van der Waals surface area contributed by atoms with Crippen molar-refractivity contribution in [2.45, 2.75) is 24.4 Å². The smallest absolute Gasteiger partial charge is 0.262 e. The number of thioether (sulfide) groups is 1. The molecule has 4 rings (SSSR count). The monoisotopic (exact) mass is 431 g/mol. The van der Waals surface area contributed by atoms with Crippen LogP contribution in [0.15, 0.2) is 56.9 Å². The molecule has 7 heteroatoms. The highest BCUT2D eigenvalue weighted by atomic mass is 79.9. The lowest BCUT2D eigenvalue weighted by Crippen LogP contribution is -2.22. The molecular weight excluding hydrogens is 418 g/mol. The number of thiazole rings is 1. The number of hydrogen-bond acceptors (Lipinski definition) is 5. The third-order valence-corrected chi connectivity index (χ3v) is 6.56. The van der Waals surface area contributed by atoms with Crippen molar-refractivity contribution in [2.24, 2.45) is 0 Å². The summed E-state index contributed by atoms with van der Waals surface area (Å²) in [6.07, 6.45) is 0. The van der Waals surface area contributed by atoms with Gasteiger partial charge in [0.1, 0.15) is 5.01 Å². The topological polar surface area (TPSA) is 47.8 Å². The van der Waals surface area contributed by atoms with E-state index in [1.165, 1.54) is 4.70 Å². The minimum absolute atomic E-state index is 0.000555. The van der Waals surface area contributed by atoms with Crippen LogP contribution < -0.4 is 5.56 Å². The van der Waals surface area contributed by atoms with Crippen molar-refractivity contribution in [2.75, 3.05) is 0 Å². The molecular formula is C18H14BrN3OS2. The SMILES string of the molecule is CCn1c(SCc2nc3ccccc3s2)nc2ccc(Br)cc2c1=O. The summed E-state index contributed by atoms with van der Waals surface area (Å²) in [5, 5.41) is 2.42. The Hall–Kier alpha value is -1.70. The van der Waals surface area contributed by atoms with Crippen LogP contribution in [0.25, 0.3) is 21.1 Å². The fraction of sp³-hybridized carbons (Fsp3) is 0.167. The van der Waals surface area contributed by atoms with Crippen LogP contribution in [-0.2, 0) is 12.3 Å². The summed E-state index contributed by atoms with van der Waals surface area (Å²) >= 11 is 6.67. The fourth-order valence-electron chi connectivity index (χ4n) is 2.67. The molecule has 2 aromatic carbocycles. The average molecular weight is 432 g/mol. The van der Waals surface area contributed by atoms with Crippen molar-refractivity contribution in [3.63, 3.8) is 0 Å². The van der Waals surface area contributed by atoms with Crippen molar-refractivity contribution < 1.29 is 0 Å². The minimum Gasteiger partial charge on any atom is -0.287 e. The van der Waals surface area contributed by atoms with Crippen molar-refractivity contribution >= 4 is 60.1 Å². The van der Waals surface area contributed by atoms with Gasteiger partial charge in [-0.25, -0.2) is 9.97 Å². The number of rotatable bonds is 4. The zero-order valence-corrected chi connectivity index (χ0v) is 16.6. The molecule has 0 aliphatic rings. The van der Waals surface area contributed by atoms with E-state index in [4.69, 9.17) is 4.98 Å². The number of halogens is 1. The molecule has 0 bridgehead atoms. The first-order chi connectivity index (χ1) is 12.2. The van der Waals surface area contributed by atoms with Gasteiger partial charge in [-0.3, -0.25) is 9.36 Å². The highest BCUT2D eigenvalue weighted by molar-refractivity contribution is 9.10. The summed E-state index contributed by atoms with van der Waals surface area (Å²) in [7, 11) is 0. The van der Waals surface area contributed by atoms with Gasteiger partial charge in [0, 0.05) is 11.0 Å². The maximum atomic E-state index is 12.8. The van der Waals surface area contributed by atoms with Gasteiger partial charge in [0.2, 0.25) is 0 Å². The third-order valence-electron chi connectivity index (χ3n) is 3.86. The third kappa shape index (κ3) is 3.23. The van der Waals surface area contributed by atoms with E-state index < -0.39 is 0 Å². The highest BCUT2D eigenvalue weighted by Crippen LogP contribution is 2.28. The van der Waals surface area contributed by atoms with Crippen molar-refractivity contribution in [3.8, 4) is 0 Å². The normalized spacial score (nSPS) is 11.4. The Labute approximate surface area is 161 Å². The molecule has 0 aliphatic heterocycles. The van der Waals surface area contributed by atoms with Crippen LogP contribution in [0, 0.1) is 0 Å². The van der Waals surface area contributed by atoms with Gasteiger partial charge in [-0.2, -0.15) is 0 Å². The summed E-state index contributed by atoms with van der Waals surface area (Å²) in [5.74, 6) is 0.702. The lowest BCUT2D eigenvalue weighted by Gasteiger charge is -2.10. The Kier molecular flexibility index (Phi) is 4.62. The lowest BCUT2D eigenvalue weighted by molar-refractivity contribution is 0.634. The molecule has 0 amide bonds. The first kappa shape index (κ1) is 16.8. The van der Waals surface area contributed by atoms with E-state index in [9.17, 15) is 4.79 Å². The summed E-state index contributed by atoms with van der Waals surface area (Å²) in [6, 6.07) is 13.7. The Morgan fingerprint density at radius 3 is 2.80 bits per heavy atom. The summed E-state index contributed by atoms with van der Waals surface area (Å²) in [6.45, 7) is 2.56. The molecule has 126 valence electrons. The number of aromatic nitrogens is 3. The zero-order chi connectivity index (χ0) is 17.4. The van der Waals surface area contributed by atoms with Crippen molar-refractivity contribution in [3.05, 3.63) is 62.3 Å². The van der Waals surface area contributed by atoms with Gasteiger partial charge in [0.15, 0.2) is 5.16 Å². The van der Waals surface area contributed by atoms with E-state index in [-0.39, 0.29) is 5.56 Å². The van der Waals surface area contributed by atoms with Crippen LogP contribution in [0.3, 0.4) is 0 Å². The quantitative estimate of drug-likeness (QED) is 0.333. The van der Waals surface area contributed by atoms with Crippen LogP contribution in [-0.4, -0.2) is 14.5 Å². The number of fused-ring (bicyclic) bond motifs is 2. The second-order valence-electron chi connectivity index (χ2n) is 5.47. The molecule has 0 N–H and O–H groups in total. The highest BCUT2D eigenvalue weighted by Gasteiger charge is 2.12. The summed E-state index contributed by atoms with van der Waals surface area (Å²) < 4.78 is 3.80. The van der Waals surface area contributed by atoms with Gasteiger partial charge in [0.05, 0.1) is 26.9 Å². The second kappa shape index (κ2) is 6.90. The van der Waals surface area contributed by atoms with Gasteiger partial charge in [0.25, 0.3) is 5.56 Å². The number of benzene rings is 2. The van der Waals surface area contributed by atoms with Gasteiger partial charge in [-0.1, -0.05) is 39.8 Å². The summed E-state index contributed by atoms with van der Waals surface area (Å²) in [5.41, 5.74) is 1.75. The van der Waals surface area contributed by atoms with Crippen molar-refractivity contribution in [1.82, 2.24) is 14.5 Å². The minimum atomic E-state index is 0.000555. The van der Waals surface area contributed by atoms with Crippen LogP contribution in [0.1, 0.15) is 11.9 Å². The Balaban J connectivity index is 1.70. The molecule has 0 atom stereocenters. The van der Waals surface area contributed by atoms with Gasteiger partial charge in [-0.15, -0.1) is 11.3 Å². The molecule has 2 aromatic heterocycles. The van der Waals surface area contributed by atoms with Gasteiger partial charge < -0.3 is 0 Å². The van der Waals surface area contributed by atoms with Crippen molar-refractivity contribution in [1.29, 1.82) is 0 Å². The van der Waals surface area contributed by atoms with E-state index in [0.29, 0.717) is 17.7 Å². The van der Waals surface area contributed by atoms with Gasteiger partial charge in [-0.05, 0) is 37.3 Å². The molecule has 4 nitrogen and oxygen atoms in total. The molecule has 0 aliphatic carbocycles. The van der Waals surface area contributed by atoms with E-state index in [2.05, 4.69) is 27.0 Å².